The number of benzene rings is 2. The smallest absolute Gasteiger partial charge is 0.259 e. The Bertz CT molecular complexity index is 1310. The highest BCUT2D eigenvalue weighted by Crippen LogP contribution is 2.29. The van der Waals surface area contributed by atoms with Gasteiger partial charge < -0.3 is 5.32 Å². The number of hydrogen-bond acceptors (Lipinski definition) is 5. The maximum Gasteiger partial charge on any atom is 0.259 e. The van der Waals surface area contributed by atoms with Crippen LogP contribution in [0, 0.1) is 0 Å². The zero-order valence-electron chi connectivity index (χ0n) is 14.9. The molecule has 140 valence electrons. The molecule has 0 atom stereocenters. The van der Waals surface area contributed by atoms with Crippen molar-refractivity contribution in [1.82, 2.24) is 10.3 Å². The molecule has 3 heterocycles. The van der Waals surface area contributed by atoms with E-state index >= 15 is 0 Å². The lowest BCUT2D eigenvalue weighted by Gasteiger charge is -2.10. The van der Waals surface area contributed by atoms with Gasteiger partial charge in [0, 0.05) is 11.1 Å². The number of thiophene rings is 1. The third-order valence-corrected chi connectivity index (χ3v) is 5.62. The number of rotatable bonds is 3. The molecule has 0 bridgehead atoms. The van der Waals surface area contributed by atoms with Crippen molar-refractivity contribution in [2.75, 3.05) is 5.32 Å². The standard InChI is InChI=1S/C22H13N3O3S/c26-20-14-8-7-12(10-15(14)22(28)25-20)23-21(27)16-11-18(19-6-3-9-29-19)24-17-5-2-1-4-13(16)17/h1-11H,(H,23,27)(H,25,26,28). The molecule has 0 radical (unpaired) electrons. The van der Waals surface area contributed by atoms with Gasteiger partial charge >= 0.3 is 0 Å². The van der Waals surface area contributed by atoms with E-state index in [2.05, 4.69) is 15.6 Å². The zero-order valence-corrected chi connectivity index (χ0v) is 15.7. The summed E-state index contributed by atoms with van der Waals surface area (Å²) < 4.78 is 0. The summed E-state index contributed by atoms with van der Waals surface area (Å²) in [5, 5.41) is 7.77. The van der Waals surface area contributed by atoms with Crippen LogP contribution in [-0.2, 0) is 0 Å². The molecular formula is C22H13N3O3S. The number of nitrogens with zero attached hydrogens (tertiary/aromatic N) is 1. The predicted molar refractivity (Wildman–Crippen MR) is 111 cm³/mol. The van der Waals surface area contributed by atoms with Crippen LogP contribution < -0.4 is 10.6 Å². The van der Waals surface area contributed by atoms with E-state index in [4.69, 9.17) is 0 Å². The summed E-state index contributed by atoms with van der Waals surface area (Å²) in [5.41, 5.74) is 2.94. The normalized spacial score (nSPS) is 12.7. The van der Waals surface area contributed by atoms with Gasteiger partial charge in [0.25, 0.3) is 17.7 Å². The van der Waals surface area contributed by atoms with Crippen LogP contribution in [0.2, 0.25) is 0 Å². The Morgan fingerprint density at radius 2 is 1.76 bits per heavy atom. The van der Waals surface area contributed by atoms with E-state index in [1.54, 1.807) is 23.5 Å². The summed E-state index contributed by atoms with van der Waals surface area (Å²) >= 11 is 1.55. The number of carbonyl (C=O) groups is 3. The lowest BCUT2D eigenvalue weighted by molar-refractivity contribution is 0.0878. The Morgan fingerprint density at radius 3 is 2.59 bits per heavy atom. The van der Waals surface area contributed by atoms with Crippen LogP contribution in [0.3, 0.4) is 0 Å². The molecule has 2 N–H and O–H groups in total. The molecule has 7 heteroatoms. The fourth-order valence-corrected chi connectivity index (χ4v) is 4.04. The number of hydrogen-bond donors (Lipinski definition) is 2. The number of fused-ring (bicyclic) bond motifs is 2. The number of carbonyl (C=O) groups excluding carboxylic acids is 3. The van der Waals surface area contributed by atoms with Crippen LogP contribution in [0.4, 0.5) is 5.69 Å². The molecule has 29 heavy (non-hydrogen) atoms. The van der Waals surface area contributed by atoms with Crippen LogP contribution in [0.15, 0.2) is 66.0 Å². The summed E-state index contributed by atoms with van der Waals surface area (Å²) in [4.78, 5) is 42.3. The average Bonchev–Trinajstić information content (AvgIpc) is 3.36. The molecule has 1 aliphatic rings. The van der Waals surface area contributed by atoms with Gasteiger partial charge in [-0.05, 0) is 41.8 Å². The summed E-state index contributed by atoms with van der Waals surface area (Å²) in [6.07, 6.45) is 0. The van der Waals surface area contributed by atoms with Crippen LogP contribution in [0.25, 0.3) is 21.5 Å². The first-order valence-electron chi connectivity index (χ1n) is 8.85. The van der Waals surface area contributed by atoms with Crippen molar-refractivity contribution in [2.24, 2.45) is 0 Å². The van der Waals surface area contributed by atoms with Crippen molar-refractivity contribution in [3.63, 3.8) is 0 Å². The summed E-state index contributed by atoms with van der Waals surface area (Å²) in [7, 11) is 0. The van der Waals surface area contributed by atoms with E-state index in [0.29, 0.717) is 16.8 Å². The van der Waals surface area contributed by atoms with Gasteiger partial charge in [-0.1, -0.05) is 24.3 Å². The third-order valence-electron chi connectivity index (χ3n) is 4.73. The zero-order chi connectivity index (χ0) is 20.0. The van der Waals surface area contributed by atoms with Crippen LogP contribution in [0.1, 0.15) is 31.1 Å². The lowest BCUT2D eigenvalue weighted by atomic mass is 10.1. The fourth-order valence-electron chi connectivity index (χ4n) is 3.36. The number of aromatic nitrogens is 1. The molecule has 1 aliphatic heterocycles. The van der Waals surface area contributed by atoms with Crippen molar-refractivity contribution >= 4 is 45.6 Å². The minimum Gasteiger partial charge on any atom is -0.322 e. The largest absolute Gasteiger partial charge is 0.322 e. The number of nitrogens with one attached hydrogen (secondary N) is 2. The Labute approximate surface area is 169 Å². The fraction of sp³-hybridized carbons (Fsp3) is 0. The predicted octanol–water partition coefficient (Wildman–Crippen LogP) is 4.10. The van der Waals surface area contributed by atoms with Gasteiger partial charge in [-0.3, -0.25) is 19.7 Å². The van der Waals surface area contributed by atoms with E-state index in [1.807, 2.05) is 41.8 Å². The number of pyridine rings is 1. The highest BCUT2D eigenvalue weighted by atomic mass is 32.1. The van der Waals surface area contributed by atoms with E-state index in [0.717, 1.165) is 21.5 Å². The second-order valence-electron chi connectivity index (χ2n) is 6.55. The molecule has 5 rings (SSSR count). The molecule has 0 fully saturated rings. The first-order chi connectivity index (χ1) is 14.1. The van der Waals surface area contributed by atoms with Gasteiger partial charge in [0.2, 0.25) is 0 Å². The highest BCUT2D eigenvalue weighted by Gasteiger charge is 2.27. The molecule has 2 aromatic heterocycles. The van der Waals surface area contributed by atoms with Gasteiger partial charge in [0.05, 0.1) is 32.8 Å². The van der Waals surface area contributed by atoms with Gasteiger partial charge in [0.15, 0.2) is 0 Å². The molecule has 3 amide bonds. The monoisotopic (exact) mass is 399 g/mol. The Hall–Kier alpha value is -3.84. The SMILES string of the molecule is O=C1NC(=O)c2cc(NC(=O)c3cc(-c4cccs4)nc4ccccc34)ccc21. The minimum absolute atomic E-state index is 0.256. The maximum absolute atomic E-state index is 13.1. The Morgan fingerprint density at radius 1 is 0.931 bits per heavy atom. The highest BCUT2D eigenvalue weighted by molar-refractivity contribution is 7.13. The maximum atomic E-state index is 13.1. The van der Waals surface area contributed by atoms with Crippen molar-refractivity contribution in [1.29, 1.82) is 0 Å². The third kappa shape index (κ3) is 2.97. The molecule has 6 nitrogen and oxygen atoms in total. The van der Waals surface area contributed by atoms with Crippen LogP contribution in [0.5, 0.6) is 0 Å². The Kier molecular flexibility index (Phi) is 3.96. The molecule has 2 aromatic carbocycles. The first kappa shape index (κ1) is 17.3. The summed E-state index contributed by atoms with van der Waals surface area (Å²) in [6.45, 7) is 0. The summed E-state index contributed by atoms with van der Waals surface area (Å²) in [5.74, 6) is -1.20. The van der Waals surface area contributed by atoms with E-state index in [9.17, 15) is 14.4 Å². The van der Waals surface area contributed by atoms with Crippen molar-refractivity contribution in [3.8, 4) is 10.6 Å². The Balaban J connectivity index is 1.56. The molecular weight excluding hydrogens is 386 g/mol. The van der Waals surface area contributed by atoms with Gasteiger partial charge in [-0.25, -0.2) is 4.98 Å². The molecule has 4 aromatic rings. The minimum atomic E-state index is -0.463. The first-order valence-corrected chi connectivity index (χ1v) is 9.73. The van der Waals surface area contributed by atoms with E-state index in [1.165, 1.54) is 12.1 Å². The summed E-state index contributed by atoms with van der Waals surface area (Å²) in [6, 6.07) is 17.8. The van der Waals surface area contributed by atoms with Crippen LogP contribution >= 0.6 is 11.3 Å². The number of amides is 3. The molecule has 0 aliphatic carbocycles. The average molecular weight is 399 g/mol. The molecule has 0 saturated carbocycles. The topological polar surface area (TPSA) is 88.2 Å². The van der Waals surface area contributed by atoms with Crippen molar-refractivity contribution in [3.05, 3.63) is 82.7 Å². The second kappa shape index (κ2) is 6.65. The van der Waals surface area contributed by atoms with Crippen molar-refractivity contribution < 1.29 is 14.4 Å². The van der Waals surface area contributed by atoms with E-state index < -0.39 is 11.8 Å². The van der Waals surface area contributed by atoms with Crippen molar-refractivity contribution in [2.45, 2.75) is 0 Å². The van der Waals surface area contributed by atoms with Gasteiger partial charge in [-0.15, -0.1) is 11.3 Å². The number of anilines is 1. The molecule has 0 saturated heterocycles. The van der Waals surface area contributed by atoms with Gasteiger partial charge in [-0.2, -0.15) is 0 Å². The van der Waals surface area contributed by atoms with Crippen LogP contribution in [-0.4, -0.2) is 22.7 Å². The number of para-hydroxylation sites is 1. The van der Waals surface area contributed by atoms with Gasteiger partial charge in [0.1, 0.15) is 0 Å². The number of imide groups is 1. The second-order valence-corrected chi connectivity index (χ2v) is 7.49. The quantitative estimate of drug-likeness (QED) is 0.508. The molecule has 0 spiro atoms. The van der Waals surface area contributed by atoms with E-state index in [-0.39, 0.29) is 11.5 Å². The lowest BCUT2D eigenvalue weighted by Crippen LogP contribution is -2.19. The molecule has 0 unspecified atom stereocenters.